The lowest BCUT2D eigenvalue weighted by Gasteiger charge is -2.27. The highest BCUT2D eigenvalue weighted by Gasteiger charge is 2.25. The van der Waals surface area contributed by atoms with Gasteiger partial charge in [-0.1, -0.05) is 0 Å². The third-order valence-electron chi connectivity index (χ3n) is 4.05. The third-order valence-corrected chi connectivity index (χ3v) is 5.10. The van der Waals surface area contributed by atoms with E-state index in [0.717, 1.165) is 32.2 Å². The van der Waals surface area contributed by atoms with Gasteiger partial charge in [0.25, 0.3) is 0 Å². The van der Waals surface area contributed by atoms with E-state index in [0.29, 0.717) is 12.0 Å². The van der Waals surface area contributed by atoms with Crippen LogP contribution in [-0.4, -0.2) is 30.0 Å². The summed E-state index contributed by atoms with van der Waals surface area (Å²) in [5, 5.41) is 3.15. The van der Waals surface area contributed by atoms with Crippen molar-refractivity contribution in [2.75, 3.05) is 18.1 Å². The predicted molar refractivity (Wildman–Crippen MR) is 73.0 cm³/mol. The second kappa shape index (κ2) is 6.64. The normalized spacial score (nSPS) is 31.1. The molecule has 1 saturated carbocycles. The van der Waals surface area contributed by atoms with Crippen LogP contribution in [0.2, 0.25) is 0 Å². The Morgan fingerprint density at radius 1 is 1.12 bits per heavy atom. The van der Waals surface area contributed by atoms with Crippen LogP contribution in [0.25, 0.3) is 0 Å². The van der Waals surface area contributed by atoms with E-state index >= 15 is 0 Å². The van der Waals surface area contributed by atoms with Crippen LogP contribution in [0.3, 0.4) is 0 Å². The quantitative estimate of drug-likeness (QED) is 0.809. The molecular formula is C13H24N2OS. The average Bonchev–Trinajstić information content (AvgIpc) is 2.38. The number of hydrogen-bond donors (Lipinski definition) is 2. The van der Waals surface area contributed by atoms with Crippen LogP contribution in [0.5, 0.6) is 0 Å². The standard InChI is InChI=1S/C13H24N2OS/c14-12-3-1-11(2-4-12)13(16)15-9-10-5-7-17-8-6-10/h10-12H,1-9,14H2,(H,15,16). The zero-order valence-corrected chi connectivity index (χ0v) is 11.3. The van der Waals surface area contributed by atoms with Gasteiger partial charge in [-0.3, -0.25) is 4.79 Å². The second-order valence-electron chi connectivity index (χ2n) is 5.41. The van der Waals surface area contributed by atoms with Gasteiger partial charge >= 0.3 is 0 Å². The first kappa shape index (κ1) is 13.2. The van der Waals surface area contributed by atoms with E-state index in [-0.39, 0.29) is 11.8 Å². The van der Waals surface area contributed by atoms with Crippen molar-refractivity contribution in [3.8, 4) is 0 Å². The van der Waals surface area contributed by atoms with Gasteiger partial charge in [-0.15, -0.1) is 0 Å². The molecule has 0 spiro atoms. The Kier molecular flexibility index (Phi) is 5.16. The Morgan fingerprint density at radius 3 is 2.41 bits per heavy atom. The van der Waals surface area contributed by atoms with Crippen LogP contribution in [0.15, 0.2) is 0 Å². The molecule has 0 atom stereocenters. The number of carbonyl (C=O) groups excluding carboxylic acids is 1. The van der Waals surface area contributed by atoms with Crippen LogP contribution in [0, 0.1) is 11.8 Å². The zero-order valence-electron chi connectivity index (χ0n) is 10.5. The molecule has 0 aromatic heterocycles. The summed E-state index contributed by atoms with van der Waals surface area (Å²) in [6, 6.07) is 0.328. The minimum Gasteiger partial charge on any atom is -0.356 e. The number of rotatable bonds is 3. The summed E-state index contributed by atoms with van der Waals surface area (Å²) in [5.74, 6) is 3.74. The Morgan fingerprint density at radius 2 is 1.76 bits per heavy atom. The van der Waals surface area contributed by atoms with Gasteiger partial charge in [0.1, 0.15) is 0 Å². The highest BCUT2D eigenvalue weighted by molar-refractivity contribution is 7.99. The molecule has 0 unspecified atom stereocenters. The first-order valence-electron chi connectivity index (χ1n) is 6.86. The maximum Gasteiger partial charge on any atom is 0.223 e. The molecule has 1 heterocycles. The number of thioether (sulfide) groups is 1. The molecule has 17 heavy (non-hydrogen) atoms. The molecule has 1 saturated heterocycles. The van der Waals surface area contributed by atoms with Crippen LogP contribution in [0.4, 0.5) is 0 Å². The molecule has 2 rings (SSSR count). The van der Waals surface area contributed by atoms with Crippen molar-refractivity contribution in [3.63, 3.8) is 0 Å². The first-order valence-corrected chi connectivity index (χ1v) is 8.02. The molecule has 98 valence electrons. The third kappa shape index (κ3) is 4.18. The van der Waals surface area contributed by atoms with Crippen molar-refractivity contribution in [2.45, 2.75) is 44.6 Å². The summed E-state index contributed by atoms with van der Waals surface area (Å²) in [4.78, 5) is 12.0. The fourth-order valence-corrected chi connectivity index (χ4v) is 3.93. The van der Waals surface area contributed by atoms with E-state index in [2.05, 4.69) is 5.32 Å². The maximum absolute atomic E-state index is 12.0. The van der Waals surface area contributed by atoms with Gasteiger partial charge in [0.05, 0.1) is 0 Å². The van der Waals surface area contributed by atoms with E-state index in [1.165, 1.54) is 24.3 Å². The van der Waals surface area contributed by atoms with E-state index < -0.39 is 0 Å². The summed E-state index contributed by atoms with van der Waals surface area (Å²) >= 11 is 2.03. The Balaban J connectivity index is 1.66. The molecule has 0 aromatic rings. The fraction of sp³-hybridized carbons (Fsp3) is 0.923. The Bertz CT molecular complexity index is 246. The number of hydrogen-bond acceptors (Lipinski definition) is 3. The SMILES string of the molecule is NC1CCC(C(=O)NCC2CCSCC2)CC1. The van der Waals surface area contributed by atoms with E-state index in [1.54, 1.807) is 0 Å². The molecule has 2 aliphatic rings. The molecule has 2 fully saturated rings. The minimum absolute atomic E-state index is 0.229. The number of carbonyl (C=O) groups is 1. The van der Waals surface area contributed by atoms with Gasteiger partial charge in [0, 0.05) is 18.5 Å². The molecule has 1 amide bonds. The van der Waals surface area contributed by atoms with Gasteiger partial charge in [0.15, 0.2) is 0 Å². The highest BCUT2D eigenvalue weighted by atomic mass is 32.2. The molecule has 4 heteroatoms. The summed E-state index contributed by atoms with van der Waals surface area (Å²) in [5.41, 5.74) is 5.85. The van der Waals surface area contributed by atoms with Gasteiger partial charge in [-0.2, -0.15) is 11.8 Å². The number of amides is 1. The largest absolute Gasteiger partial charge is 0.356 e. The summed E-state index contributed by atoms with van der Waals surface area (Å²) in [7, 11) is 0. The Hall–Kier alpha value is -0.220. The van der Waals surface area contributed by atoms with Crippen LogP contribution in [0.1, 0.15) is 38.5 Å². The zero-order chi connectivity index (χ0) is 12.1. The van der Waals surface area contributed by atoms with Crippen molar-refractivity contribution < 1.29 is 4.79 Å². The minimum atomic E-state index is 0.229. The monoisotopic (exact) mass is 256 g/mol. The number of nitrogens with two attached hydrogens (primary N) is 1. The first-order chi connectivity index (χ1) is 8.25. The van der Waals surface area contributed by atoms with Gasteiger partial charge < -0.3 is 11.1 Å². The Labute approximate surface area is 108 Å². The molecule has 3 nitrogen and oxygen atoms in total. The average molecular weight is 256 g/mol. The topological polar surface area (TPSA) is 55.1 Å². The van der Waals surface area contributed by atoms with Crippen LogP contribution < -0.4 is 11.1 Å². The van der Waals surface area contributed by atoms with E-state index in [4.69, 9.17) is 5.73 Å². The second-order valence-corrected chi connectivity index (χ2v) is 6.64. The lowest BCUT2D eigenvalue weighted by atomic mass is 9.86. The van der Waals surface area contributed by atoms with Crippen molar-refractivity contribution in [1.82, 2.24) is 5.32 Å². The maximum atomic E-state index is 12.0. The van der Waals surface area contributed by atoms with E-state index in [1.807, 2.05) is 11.8 Å². The molecule has 3 N–H and O–H groups in total. The molecule has 0 radical (unpaired) electrons. The van der Waals surface area contributed by atoms with Crippen LogP contribution in [-0.2, 0) is 4.79 Å². The summed E-state index contributed by atoms with van der Waals surface area (Å²) in [6.07, 6.45) is 6.51. The molecule has 1 aliphatic carbocycles. The van der Waals surface area contributed by atoms with E-state index in [9.17, 15) is 4.79 Å². The molecule has 1 aliphatic heterocycles. The van der Waals surface area contributed by atoms with Gasteiger partial charge in [-0.25, -0.2) is 0 Å². The van der Waals surface area contributed by atoms with Crippen molar-refractivity contribution in [1.29, 1.82) is 0 Å². The highest BCUT2D eigenvalue weighted by Crippen LogP contribution is 2.24. The lowest BCUT2D eigenvalue weighted by molar-refractivity contribution is -0.126. The molecule has 0 bridgehead atoms. The summed E-state index contributed by atoms with van der Waals surface area (Å²) < 4.78 is 0. The number of nitrogens with one attached hydrogen (secondary N) is 1. The van der Waals surface area contributed by atoms with Crippen LogP contribution >= 0.6 is 11.8 Å². The molecular weight excluding hydrogens is 232 g/mol. The van der Waals surface area contributed by atoms with Crippen molar-refractivity contribution in [2.24, 2.45) is 17.6 Å². The molecule has 0 aromatic carbocycles. The predicted octanol–water partition coefficient (Wildman–Crippen LogP) is 1.76. The van der Waals surface area contributed by atoms with Gasteiger partial charge in [-0.05, 0) is 55.9 Å². The van der Waals surface area contributed by atoms with Crippen molar-refractivity contribution in [3.05, 3.63) is 0 Å². The lowest BCUT2D eigenvalue weighted by Crippen LogP contribution is -2.38. The smallest absolute Gasteiger partial charge is 0.223 e. The van der Waals surface area contributed by atoms with Crippen molar-refractivity contribution >= 4 is 17.7 Å². The van der Waals surface area contributed by atoms with Gasteiger partial charge in [0.2, 0.25) is 5.91 Å². The summed E-state index contributed by atoms with van der Waals surface area (Å²) in [6.45, 7) is 0.891. The fourth-order valence-electron chi connectivity index (χ4n) is 2.72.